The van der Waals surface area contributed by atoms with Crippen LogP contribution in [0, 0.1) is 5.41 Å². The summed E-state index contributed by atoms with van der Waals surface area (Å²) in [7, 11) is 0. The first kappa shape index (κ1) is 9.78. The van der Waals surface area contributed by atoms with Crippen molar-refractivity contribution in [1.29, 1.82) is 0 Å². The van der Waals surface area contributed by atoms with Crippen LogP contribution in [0.5, 0.6) is 0 Å². The Kier molecular flexibility index (Phi) is 2.64. The van der Waals surface area contributed by atoms with Gasteiger partial charge in [0.25, 0.3) is 0 Å². The highest BCUT2D eigenvalue weighted by atomic mass is 16.3. The van der Waals surface area contributed by atoms with E-state index in [1.807, 2.05) is 6.07 Å². The smallest absolute Gasteiger partial charge is 0.0950 e. The first-order valence-corrected chi connectivity index (χ1v) is 5.47. The first-order chi connectivity index (χ1) is 6.70. The molecule has 1 aliphatic carbocycles. The quantitative estimate of drug-likeness (QED) is 0.800. The van der Waals surface area contributed by atoms with Gasteiger partial charge < -0.3 is 10.2 Å². The van der Waals surface area contributed by atoms with E-state index in [0.29, 0.717) is 5.41 Å². The molecule has 0 aromatic carbocycles. The van der Waals surface area contributed by atoms with Crippen LogP contribution in [0.4, 0.5) is 0 Å². The van der Waals surface area contributed by atoms with Crippen LogP contribution in [0.25, 0.3) is 0 Å². The van der Waals surface area contributed by atoms with E-state index in [1.165, 1.54) is 25.7 Å². The van der Waals surface area contributed by atoms with Crippen LogP contribution >= 0.6 is 0 Å². The zero-order chi connectivity index (χ0) is 10.0. The number of hydrogen-bond donors (Lipinski definition) is 1. The maximum absolute atomic E-state index is 6.14. The molecule has 1 aromatic rings. The molecule has 14 heavy (non-hydrogen) atoms. The summed E-state index contributed by atoms with van der Waals surface area (Å²) in [6, 6.07) is 2.13. The van der Waals surface area contributed by atoms with E-state index < -0.39 is 0 Å². The summed E-state index contributed by atoms with van der Waals surface area (Å²) in [6.45, 7) is 2.36. The van der Waals surface area contributed by atoms with Gasteiger partial charge in [-0.25, -0.2) is 0 Å². The Morgan fingerprint density at radius 2 is 2.21 bits per heavy atom. The van der Waals surface area contributed by atoms with Crippen molar-refractivity contribution in [2.75, 3.05) is 0 Å². The summed E-state index contributed by atoms with van der Waals surface area (Å²) in [5.74, 6) is 0. The molecule has 0 amide bonds. The van der Waals surface area contributed by atoms with E-state index in [1.54, 1.807) is 12.5 Å². The van der Waals surface area contributed by atoms with Crippen molar-refractivity contribution in [2.45, 2.75) is 45.1 Å². The fourth-order valence-electron chi connectivity index (χ4n) is 2.57. The van der Waals surface area contributed by atoms with Gasteiger partial charge in [-0.05, 0) is 30.7 Å². The third kappa shape index (κ3) is 2.01. The average Bonchev–Trinajstić information content (AvgIpc) is 2.74. The van der Waals surface area contributed by atoms with Gasteiger partial charge >= 0.3 is 0 Å². The highest BCUT2D eigenvalue weighted by molar-refractivity contribution is 5.11. The Morgan fingerprint density at radius 1 is 1.50 bits per heavy atom. The SMILES string of the molecule is CC1(CC(N)c2ccoc2)CCCC1. The minimum atomic E-state index is 0.150. The van der Waals surface area contributed by atoms with Crippen LogP contribution < -0.4 is 5.73 Å². The third-order valence-corrected chi connectivity index (χ3v) is 3.49. The van der Waals surface area contributed by atoms with Crippen LogP contribution in [-0.2, 0) is 0 Å². The standard InChI is InChI=1S/C12H19NO/c1-12(5-2-3-6-12)8-11(13)10-4-7-14-9-10/h4,7,9,11H,2-3,5-6,8,13H2,1H3. The van der Waals surface area contributed by atoms with Gasteiger partial charge in [-0.2, -0.15) is 0 Å². The van der Waals surface area contributed by atoms with Gasteiger partial charge in [-0.15, -0.1) is 0 Å². The molecule has 1 aromatic heterocycles. The lowest BCUT2D eigenvalue weighted by atomic mass is 9.81. The molecule has 2 N–H and O–H groups in total. The summed E-state index contributed by atoms with van der Waals surface area (Å²) in [4.78, 5) is 0. The highest BCUT2D eigenvalue weighted by Crippen LogP contribution is 2.43. The van der Waals surface area contributed by atoms with E-state index in [4.69, 9.17) is 10.2 Å². The minimum absolute atomic E-state index is 0.150. The second-order valence-corrected chi connectivity index (χ2v) is 4.89. The molecule has 1 aliphatic rings. The lowest BCUT2D eigenvalue weighted by Crippen LogP contribution is -2.20. The molecule has 1 heterocycles. The summed E-state index contributed by atoms with van der Waals surface area (Å²) in [5, 5.41) is 0. The highest BCUT2D eigenvalue weighted by Gasteiger charge is 2.30. The van der Waals surface area contributed by atoms with Crippen molar-refractivity contribution in [1.82, 2.24) is 0 Å². The monoisotopic (exact) mass is 193 g/mol. The molecule has 2 heteroatoms. The molecule has 1 saturated carbocycles. The van der Waals surface area contributed by atoms with Crippen molar-refractivity contribution in [3.05, 3.63) is 24.2 Å². The molecule has 1 fully saturated rings. The fourth-order valence-corrected chi connectivity index (χ4v) is 2.57. The fraction of sp³-hybridized carbons (Fsp3) is 0.667. The Morgan fingerprint density at radius 3 is 2.79 bits per heavy atom. The summed E-state index contributed by atoms with van der Waals surface area (Å²) in [5.41, 5.74) is 7.75. The Hall–Kier alpha value is -0.760. The minimum Gasteiger partial charge on any atom is -0.472 e. The first-order valence-electron chi connectivity index (χ1n) is 5.47. The van der Waals surface area contributed by atoms with Gasteiger partial charge in [0.2, 0.25) is 0 Å². The normalized spacial score (nSPS) is 22.4. The summed E-state index contributed by atoms with van der Waals surface area (Å²) in [6.07, 6.45) is 9.96. The molecular formula is C12H19NO. The summed E-state index contributed by atoms with van der Waals surface area (Å²) < 4.78 is 5.05. The molecule has 0 saturated heterocycles. The maximum atomic E-state index is 6.14. The van der Waals surface area contributed by atoms with Crippen molar-refractivity contribution >= 4 is 0 Å². The van der Waals surface area contributed by atoms with Crippen molar-refractivity contribution in [2.24, 2.45) is 11.1 Å². The van der Waals surface area contributed by atoms with Gasteiger partial charge in [0.15, 0.2) is 0 Å². The molecule has 0 aliphatic heterocycles. The molecule has 1 unspecified atom stereocenters. The Labute approximate surface area is 85.5 Å². The number of nitrogens with two attached hydrogens (primary N) is 1. The van der Waals surface area contributed by atoms with Crippen LogP contribution in [-0.4, -0.2) is 0 Å². The summed E-state index contributed by atoms with van der Waals surface area (Å²) >= 11 is 0. The van der Waals surface area contributed by atoms with E-state index in [9.17, 15) is 0 Å². The van der Waals surface area contributed by atoms with Gasteiger partial charge in [-0.3, -0.25) is 0 Å². The Bertz CT molecular complexity index is 273. The molecule has 2 nitrogen and oxygen atoms in total. The third-order valence-electron chi connectivity index (χ3n) is 3.49. The number of furan rings is 1. The predicted octanol–water partition coefficient (Wildman–Crippen LogP) is 3.25. The molecule has 0 bridgehead atoms. The second kappa shape index (κ2) is 3.77. The molecular weight excluding hydrogens is 174 g/mol. The van der Waals surface area contributed by atoms with Crippen LogP contribution in [0.2, 0.25) is 0 Å². The Balaban J connectivity index is 1.97. The van der Waals surface area contributed by atoms with E-state index in [0.717, 1.165) is 12.0 Å². The van der Waals surface area contributed by atoms with E-state index in [2.05, 4.69) is 6.92 Å². The largest absolute Gasteiger partial charge is 0.472 e. The van der Waals surface area contributed by atoms with Crippen LogP contribution in [0.1, 0.15) is 50.6 Å². The molecule has 78 valence electrons. The maximum Gasteiger partial charge on any atom is 0.0950 e. The van der Waals surface area contributed by atoms with Gasteiger partial charge in [0, 0.05) is 11.6 Å². The van der Waals surface area contributed by atoms with Crippen LogP contribution in [0.3, 0.4) is 0 Å². The predicted molar refractivity (Wildman–Crippen MR) is 56.8 cm³/mol. The number of rotatable bonds is 3. The molecule has 2 rings (SSSR count). The van der Waals surface area contributed by atoms with Crippen LogP contribution in [0.15, 0.2) is 23.0 Å². The van der Waals surface area contributed by atoms with E-state index in [-0.39, 0.29) is 6.04 Å². The van der Waals surface area contributed by atoms with Crippen molar-refractivity contribution in [3.8, 4) is 0 Å². The average molecular weight is 193 g/mol. The second-order valence-electron chi connectivity index (χ2n) is 4.89. The lowest BCUT2D eigenvalue weighted by Gasteiger charge is -2.26. The van der Waals surface area contributed by atoms with E-state index >= 15 is 0 Å². The molecule has 0 radical (unpaired) electrons. The topological polar surface area (TPSA) is 39.2 Å². The molecule has 0 spiro atoms. The zero-order valence-corrected chi connectivity index (χ0v) is 8.83. The van der Waals surface area contributed by atoms with Crippen molar-refractivity contribution in [3.63, 3.8) is 0 Å². The van der Waals surface area contributed by atoms with Crippen molar-refractivity contribution < 1.29 is 4.42 Å². The number of hydrogen-bond acceptors (Lipinski definition) is 2. The van der Waals surface area contributed by atoms with Gasteiger partial charge in [0.1, 0.15) is 0 Å². The molecule has 1 atom stereocenters. The zero-order valence-electron chi connectivity index (χ0n) is 8.83. The van der Waals surface area contributed by atoms with Gasteiger partial charge in [0.05, 0.1) is 12.5 Å². The van der Waals surface area contributed by atoms with Gasteiger partial charge in [-0.1, -0.05) is 19.8 Å². The lowest BCUT2D eigenvalue weighted by molar-refractivity contribution is 0.282.